The fourth-order valence-corrected chi connectivity index (χ4v) is 2.06. The van der Waals surface area contributed by atoms with Gasteiger partial charge in [0, 0.05) is 13.5 Å². The van der Waals surface area contributed by atoms with Crippen LogP contribution in [0, 0.1) is 5.82 Å². The lowest BCUT2D eigenvalue weighted by Crippen LogP contribution is -2.27. The van der Waals surface area contributed by atoms with Crippen LogP contribution in [0.5, 0.6) is 5.88 Å². The summed E-state index contributed by atoms with van der Waals surface area (Å²) in [6.07, 6.45) is 0.221. The number of amidine groups is 1. The van der Waals surface area contributed by atoms with Crippen LogP contribution in [-0.4, -0.2) is 46.7 Å². The van der Waals surface area contributed by atoms with E-state index in [1.807, 2.05) is 5.48 Å². The monoisotopic (exact) mass is 399 g/mol. The van der Waals surface area contributed by atoms with Crippen molar-refractivity contribution in [2.24, 2.45) is 4.99 Å². The highest BCUT2D eigenvalue weighted by Gasteiger charge is 2.19. The Bertz CT molecular complexity index is 857. The number of carbonyl (C=O) groups is 2. The molecule has 0 aliphatic rings. The summed E-state index contributed by atoms with van der Waals surface area (Å²) >= 11 is 5.69. The van der Waals surface area contributed by atoms with Gasteiger partial charge in [0.2, 0.25) is 11.5 Å². The first kappa shape index (κ1) is 20.3. The van der Waals surface area contributed by atoms with Crippen molar-refractivity contribution < 1.29 is 28.6 Å². The number of halogens is 2. The number of amides is 1. The van der Waals surface area contributed by atoms with Crippen molar-refractivity contribution in [3.63, 3.8) is 0 Å². The van der Waals surface area contributed by atoms with Crippen LogP contribution in [0.15, 0.2) is 27.8 Å². The minimum Gasteiger partial charge on any atom is -0.474 e. The van der Waals surface area contributed by atoms with E-state index in [0.717, 1.165) is 6.07 Å². The number of hydrogen-bond acceptors (Lipinski definition) is 8. The highest BCUT2D eigenvalue weighted by atomic mass is 35.5. The van der Waals surface area contributed by atoms with Gasteiger partial charge in [-0.05, 0) is 34.9 Å². The number of aliphatic imine (C=N–C) groups is 1. The molecule has 0 bridgehead atoms. The lowest BCUT2D eigenvalue weighted by Gasteiger charge is -2.05. The maximum atomic E-state index is 13.2. The fraction of sp³-hybridized carbons (Fsp3) is 0.267. The normalized spacial score (nSPS) is 11.2. The molecule has 0 radical (unpaired) electrons. The van der Waals surface area contributed by atoms with Crippen molar-refractivity contribution in [2.45, 2.75) is 12.8 Å². The minimum absolute atomic E-state index is 0.0203. The van der Waals surface area contributed by atoms with Gasteiger partial charge in [-0.2, -0.15) is 0 Å². The first-order valence-corrected chi connectivity index (χ1v) is 7.98. The van der Waals surface area contributed by atoms with E-state index in [0.29, 0.717) is 0 Å². The molecule has 0 spiro atoms. The summed E-state index contributed by atoms with van der Waals surface area (Å²) in [5.41, 5.74) is 1.99. The van der Waals surface area contributed by atoms with Crippen LogP contribution in [0.25, 0.3) is 0 Å². The van der Waals surface area contributed by atoms with E-state index >= 15 is 0 Å². The third-order valence-corrected chi connectivity index (χ3v) is 3.49. The molecule has 1 amide bonds. The average Bonchev–Trinajstić information content (AvgIpc) is 3.13. The first-order valence-electron chi connectivity index (χ1n) is 7.60. The topological polar surface area (TPSA) is 139 Å². The molecule has 0 saturated carbocycles. The van der Waals surface area contributed by atoms with Gasteiger partial charge in [0.15, 0.2) is 5.84 Å². The Morgan fingerprint density at radius 1 is 1.41 bits per heavy atom. The van der Waals surface area contributed by atoms with Gasteiger partial charge in [0.25, 0.3) is 11.8 Å². The van der Waals surface area contributed by atoms with E-state index in [9.17, 15) is 19.2 Å². The molecule has 0 aliphatic carbocycles. The quantitative estimate of drug-likeness (QED) is 0.199. The number of benzene rings is 1. The number of hydroxylamine groups is 1. The number of Topliss-reactive ketones (excluding diaryl/α,β-unsaturated/α-hetero) is 1. The number of aromatic nitrogens is 2. The van der Waals surface area contributed by atoms with E-state index in [4.69, 9.17) is 16.3 Å². The Labute approximate surface area is 157 Å². The van der Waals surface area contributed by atoms with E-state index < -0.39 is 17.5 Å². The molecule has 1 aromatic heterocycles. The van der Waals surface area contributed by atoms with Crippen LogP contribution in [0.1, 0.15) is 18.5 Å². The Morgan fingerprint density at radius 2 is 2.19 bits per heavy atom. The maximum absolute atomic E-state index is 13.2. The van der Waals surface area contributed by atoms with Gasteiger partial charge in [0.05, 0.1) is 17.3 Å². The van der Waals surface area contributed by atoms with Gasteiger partial charge in [-0.1, -0.05) is 11.6 Å². The van der Waals surface area contributed by atoms with Gasteiger partial charge in [-0.25, -0.2) is 14.0 Å². The summed E-state index contributed by atoms with van der Waals surface area (Å²) < 4.78 is 23.1. The maximum Gasteiger partial charge on any atom is 0.287 e. The van der Waals surface area contributed by atoms with Crippen LogP contribution >= 0.6 is 11.6 Å². The van der Waals surface area contributed by atoms with Crippen molar-refractivity contribution >= 4 is 34.8 Å². The second-order valence-electron chi connectivity index (χ2n) is 5.04. The molecule has 2 rings (SSSR count). The number of carbonyl (C=O) groups excluding carboxylic acids is 2. The number of nitrogens with zero attached hydrogens (tertiary/aromatic N) is 3. The number of likely N-dealkylation sites (N-methyl/N-ethyl adjacent to an activating group) is 1. The number of hydrogen-bond donors (Lipinski definition) is 3. The molecular weight excluding hydrogens is 385 g/mol. The number of ether oxygens (including phenoxy) is 1. The number of ketones is 1. The van der Waals surface area contributed by atoms with Gasteiger partial charge < -0.3 is 10.1 Å². The van der Waals surface area contributed by atoms with Crippen molar-refractivity contribution in [1.29, 1.82) is 0 Å². The summed E-state index contributed by atoms with van der Waals surface area (Å²) in [6, 6.07) is 3.68. The molecule has 1 heterocycles. The fourth-order valence-electron chi connectivity index (χ4n) is 1.89. The standard InChI is InChI=1S/C15H15ClFN5O5/c1-18-14(24)11(23)3-2-6-26-15-12(21-27-22-15)13(20-25)19-8-4-5-10(17)9(16)7-8/h4-5,7,25H,2-3,6H2,1H3,(H,18,24)(H,19,20). The summed E-state index contributed by atoms with van der Waals surface area (Å²) in [4.78, 5) is 26.5. The van der Waals surface area contributed by atoms with Crippen LogP contribution < -0.4 is 15.5 Å². The average molecular weight is 400 g/mol. The highest BCUT2D eigenvalue weighted by molar-refractivity contribution is 6.36. The summed E-state index contributed by atoms with van der Waals surface area (Å²) in [7, 11) is 1.36. The van der Waals surface area contributed by atoms with Crippen LogP contribution in [-0.2, 0) is 9.59 Å². The Morgan fingerprint density at radius 3 is 2.85 bits per heavy atom. The molecule has 0 atom stereocenters. The number of rotatable bonds is 8. The molecule has 2 aromatic rings. The predicted molar refractivity (Wildman–Crippen MR) is 90.6 cm³/mol. The van der Waals surface area contributed by atoms with Crippen LogP contribution in [0.3, 0.4) is 0 Å². The third kappa shape index (κ3) is 5.46. The highest BCUT2D eigenvalue weighted by Crippen LogP contribution is 2.23. The summed E-state index contributed by atoms with van der Waals surface area (Å²) in [6.45, 7) is 0.0328. The molecule has 1 aromatic carbocycles. The largest absolute Gasteiger partial charge is 0.474 e. The SMILES string of the molecule is CNC(=O)C(=O)CCCOc1nonc1C(=Nc1ccc(F)c(Cl)c1)NO. The summed E-state index contributed by atoms with van der Waals surface area (Å²) in [5, 5.41) is 18.5. The van der Waals surface area contributed by atoms with Gasteiger partial charge in [-0.15, -0.1) is 0 Å². The van der Waals surface area contributed by atoms with Gasteiger partial charge in [-0.3, -0.25) is 20.3 Å². The van der Waals surface area contributed by atoms with Gasteiger partial charge >= 0.3 is 0 Å². The molecule has 3 N–H and O–H groups in total. The van der Waals surface area contributed by atoms with Gasteiger partial charge in [0.1, 0.15) is 5.82 Å². The van der Waals surface area contributed by atoms with Crippen molar-refractivity contribution in [3.05, 3.63) is 34.7 Å². The van der Waals surface area contributed by atoms with Crippen molar-refractivity contribution in [3.8, 4) is 5.88 Å². The molecule has 0 fully saturated rings. The van der Waals surface area contributed by atoms with E-state index in [1.54, 1.807) is 0 Å². The van der Waals surface area contributed by atoms with E-state index in [2.05, 4.69) is 25.3 Å². The van der Waals surface area contributed by atoms with E-state index in [-0.39, 0.29) is 47.6 Å². The Hall–Kier alpha value is -3.05. The Balaban J connectivity index is 2.05. The minimum atomic E-state index is -0.685. The lowest BCUT2D eigenvalue weighted by atomic mass is 10.2. The summed E-state index contributed by atoms with van der Waals surface area (Å²) in [5.74, 6) is -2.17. The predicted octanol–water partition coefficient (Wildman–Crippen LogP) is 1.39. The molecule has 12 heteroatoms. The number of nitrogens with one attached hydrogen (secondary N) is 2. The smallest absolute Gasteiger partial charge is 0.287 e. The lowest BCUT2D eigenvalue weighted by molar-refractivity contribution is -0.137. The molecule has 144 valence electrons. The van der Waals surface area contributed by atoms with Crippen LogP contribution in [0.4, 0.5) is 10.1 Å². The molecule has 0 saturated heterocycles. The molecular formula is C15H15ClFN5O5. The zero-order valence-electron chi connectivity index (χ0n) is 14.0. The zero-order chi connectivity index (χ0) is 19.8. The molecule has 10 nitrogen and oxygen atoms in total. The van der Waals surface area contributed by atoms with Crippen molar-refractivity contribution in [1.82, 2.24) is 21.1 Å². The van der Waals surface area contributed by atoms with Crippen LogP contribution in [0.2, 0.25) is 5.02 Å². The third-order valence-electron chi connectivity index (χ3n) is 3.20. The van der Waals surface area contributed by atoms with Crippen molar-refractivity contribution in [2.75, 3.05) is 13.7 Å². The van der Waals surface area contributed by atoms with E-state index in [1.165, 1.54) is 19.2 Å². The second-order valence-corrected chi connectivity index (χ2v) is 5.45. The Kier molecular flexibility index (Phi) is 7.20. The molecule has 27 heavy (non-hydrogen) atoms. The zero-order valence-corrected chi connectivity index (χ0v) is 14.8. The molecule has 0 aliphatic heterocycles. The first-order chi connectivity index (χ1) is 13.0. The molecule has 0 unspecified atom stereocenters. The second kappa shape index (κ2) is 9.59.